The van der Waals surface area contributed by atoms with Crippen molar-refractivity contribution in [3.8, 4) is 0 Å². The number of hydrogen-bond acceptors (Lipinski definition) is 5. The number of carbonyl (C=O) groups is 3. The van der Waals surface area contributed by atoms with Crippen LogP contribution < -0.4 is 4.90 Å². The van der Waals surface area contributed by atoms with E-state index in [0.717, 1.165) is 22.9 Å². The maximum Gasteiger partial charge on any atom is 0.253 e. The van der Waals surface area contributed by atoms with E-state index >= 15 is 0 Å². The van der Waals surface area contributed by atoms with E-state index in [9.17, 15) is 19.5 Å². The molecule has 3 amide bonds. The van der Waals surface area contributed by atoms with E-state index in [1.165, 1.54) is 0 Å². The van der Waals surface area contributed by atoms with Crippen LogP contribution in [-0.2, 0) is 19.1 Å². The van der Waals surface area contributed by atoms with E-state index in [2.05, 4.69) is 0 Å². The first kappa shape index (κ1) is 25.8. The van der Waals surface area contributed by atoms with E-state index in [4.69, 9.17) is 4.74 Å². The summed E-state index contributed by atoms with van der Waals surface area (Å²) in [5.41, 5.74) is -0.586. The highest BCUT2D eigenvalue weighted by Gasteiger charge is 2.72. The second-order valence-corrected chi connectivity index (χ2v) is 11.3. The molecule has 4 aliphatic rings. The van der Waals surface area contributed by atoms with Gasteiger partial charge in [0.1, 0.15) is 11.6 Å². The number of amides is 3. The molecule has 2 saturated heterocycles. The minimum absolute atomic E-state index is 0.0628. The smallest absolute Gasteiger partial charge is 0.253 e. The summed E-state index contributed by atoms with van der Waals surface area (Å²) in [6, 6.07) is 12.3. The van der Waals surface area contributed by atoms with Crippen LogP contribution >= 0.6 is 0 Å². The second-order valence-electron chi connectivity index (χ2n) is 11.3. The molecule has 0 bridgehead atoms. The van der Waals surface area contributed by atoms with Crippen LogP contribution in [0.5, 0.6) is 0 Å². The van der Waals surface area contributed by atoms with Crippen molar-refractivity contribution in [1.82, 2.24) is 9.80 Å². The number of aliphatic hydroxyl groups is 1. The third kappa shape index (κ3) is 3.76. The van der Waals surface area contributed by atoms with Crippen LogP contribution in [0, 0.1) is 17.8 Å². The van der Waals surface area contributed by atoms with Gasteiger partial charge in [0.15, 0.2) is 0 Å². The fraction of sp³-hybridized carbons (Fsp3) is 0.452. The van der Waals surface area contributed by atoms with Crippen molar-refractivity contribution >= 4 is 34.2 Å². The van der Waals surface area contributed by atoms with Gasteiger partial charge in [-0.3, -0.25) is 14.4 Å². The number of benzene rings is 2. The Labute approximate surface area is 228 Å². The van der Waals surface area contributed by atoms with Gasteiger partial charge in [-0.2, -0.15) is 0 Å². The molecule has 2 fully saturated rings. The fourth-order valence-electron chi connectivity index (χ4n) is 6.95. The summed E-state index contributed by atoms with van der Waals surface area (Å²) >= 11 is 0. The van der Waals surface area contributed by atoms with E-state index < -0.39 is 35.6 Å². The van der Waals surface area contributed by atoms with Gasteiger partial charge in [-0.1, -0.05) is 74.9 Å². The summed E-state index contributed by atoms with van der Waals surface area (Å²) < 4.78 is 6.68. The largest absolute Gasteiger partial charge is 0.394 e. The predicted molar refractivity (Wildman–Crippen MR) is 148 cm³/mol. The average molecular weight is 530 g/mol. The highest BCUT2D eigenvalue weighted by Crippen LogP contribution is 2.54. The van der Waals surface area contributed by atoms with Gasteiger partial charge in [0.2, 0.25) is 11.8 Å². The van der Waals surface area contributed by atoms with Gasteiger partial charge >= 0.3 is 0 Å². The predicted octanol–water partition coefficient (Wildman–Crippen LogP) is 2.76. The van der Waals surface area contributed by atoms with Crippen molar-refractivity contribution in [2.45, 2.75) is 44.1 Å². The molecule has 1 spiro atoms. The Balaban J connectivity index is 1.50. The molecule has 39 heavy (non-hydrogen) atoms. The third-order valence-electron chi connectivity index (χ3n) is 9.19. The zero-order valence-corrected chi connectivity index (χ0v) is 22.6. The molecule has 204 valence electrons. The molecule has 1 N–H and O–H groups in total. The number of likely N-dealkylation sites (N-methyl/N-ethyl adjacent to an activating group) is 1. The first-order chi connectivity index (χ1) is 18.8. The SMILES string of the molecule is CC[C@H](C)[C@H](CO)N1C(=O)[C@@H]2[C@@H]3C(=O)N(C)CC=C[C@@H]3O[C@@]23C=CCN(c2ccc4ccccc4c2)C(=O)C13. The minimum atomic E-state index is -1.31. The van der Waals surface area contributed by atoms with Crippen LogP contribution in [0.15, 0.2) is 66.8 Å². The van der Waals surface area contributed by atoms with Gasteiger partial charge in [-0.15, -0.1) is 0 Å². The molecule has 6 rings (SSSR count). The lowest BCUT2D eigenvalue weighted by atomic mass is 9.77. The Hall–Kier alpha value is -3.49. The van der Waals surface area contributed by atoms with Crippen molar-refractivity contribution in [3.05, 3.63) is 66.8 Å². The topological polar surface area (TPSA) is 90.4 Å². The molecule has 8 heteroatoms. The monoisotopic (exact) mass is 529 g/mol. The Bertz CT molecular complexity index is 1390. The van der Waals surface area contributed by atoms with E-state index in [1.807, 2.05) is 80.6 Å². The van der Waals surface area contributed by atoms with Gasteiger partial charge in [0.05, 0.1) is 30.6 Å². The quantitative estimate of drug-likeness (QED) is 0.602. The molecular formula is C31H35N3O5. The van der Waals surface area contributed by atoms with Crippen LogP contribution in [0.4, 0.5) is 5.69 Å². The van der Waals surface area contributed by atoms with Crippen LogP contribution in [0.3, 0.4) is 0 Å². The summed E-state index contributed by atoms with van der Waals surface area (Å²) in [4.78, 5) is 47.4. The van der Waals surface area contributed by atoms with Gasteiger partial charge in [-0.25, -0.2) is 0 Å². The number of ether oxygens (including phenoxy) is 1. The number of nitrogens with zero attached hydrogens (tertiary/aromatic N) is 3. The van der Waals surface area contributed by atoms with Crippen molar-refractivity contribution in [3.63, 3.8) is 0 Å². The summed E-state index contributed by atoms with van der Waals surface area (Å²) in [6.07, 6.45) is 7.58. The molecular weight excluding hydrogens is 494 g/mol. The van der Waals surface area contributed by atoms with Crippen molar-refractivity contribution in [1.29, 1.82) is 0 Å². The Morgan fingerprint density at radius 1 is 1.03 bits per heavy atom. The Morgan fingerprint density at radius 2 is 1.79 bits per heavy atom. The molecule has 2 aromatic carbocycles. The molecule has 1 unspecified atom stereocenters. The number of aliphatic hydroxyl groups excluding tert-OH is 1. The second kappa shape index (κ2) is 9.61. The van der Waals surface area contributed by atoms with Crippen LogP contribution in [0.2, 0.25) is 0 Å². The van der Waals surface area contributed by atoms with Crippen LogP contribution in [-0.4, -0.2) is 83.2 Å². The molecule has 4 aliphatic heterocycles. The summed E-state index contributed by atoms with van der Waals surface area (Å²) in [5.74, 6) is -2.40. The number of carbonyl (C=O) groups excluding carboxylic acids is 3. The fourth-order valence-corrected chi connectivity index (χ4v) is 6.95. The Morgan fingerprint density at radius 3 is 2.54 bits per heavy atom. The van der Waals surface area contributed by atoms with E-state index in [0.29, 0.717) is 13.1 Å². The van der Waals surface area contributed by atoms with Gasteiger partial charge in [0, 0.05) is 25.8 Å². The summed E-state index contributed by atoms with van der Waals surface area (Å²) in [7, 11) is 1.72. The molecule has 0 aromatic heterocycles. The van der Waals surface area contributed by atoms with Crippen molar-refractivity contribution in [2.75, 3.05) is 31.6 Å². The zero-order chi connectivity index (χ0) is 27.5. The standard InChI is InChI=1S/C31H35N3O5/c1-4-19(2)23(18-35)34-27-30(38)33(22-13-12-20-9-5-6-10-21(20)17-22)16-8-14-31(27)26(29(34)37)25-24(39-31)11-7-15-32(3)28(25)36/h5-14,17,19,23-27,35H,4,15-16,18H2,1-3H3/t19-,23-,24-,25+,26-,27?,31-/m0/s1. The lowest BCUT2D eigenvalue weighted by molar-refractivity contribution is -0.147. The van der Waals surface area contributed by atoms with E-state index in [-0.39, 0.29) is 30.2 Å². The molecule has 7 atom stereocenters. The molecule has 2 aromatic rings. The maximum atomic E-state index is 14.6. The zero-order valence-electron chi connectivity index (χ0n) is 22.6. The van der Waals surface area contributed by atoms with Gasteiger partial charge < -0.3 is 24.5 Å². The van der Waals surface area contributed by atoms with Crippen LogP contribution in [0.25, 0.3) is 10.8 Å². The lowest BCUT2D eigenvalue weighted by Gasteiger charge is -2.40. The number of anilines is 1. The minimum Gasteiger partial charge on any atom is -0.394 e. The number of rotatable bonds is 5. The van der Waals surface area contributed by atoms with E-state index in [1.54, 1.807) is 21.7 Å². The normalized spacial score (nSPS) is 31.7. The highest BCUT2D eigenvalue weighted by molar-refractivity contribution is 6.06. The number of likely N-dealkylation sites (tertiary alicyclic amines) is 1. The summed E-state index contributed by atoms with van der Waals surface area (Å²) in [5, 5.41) is 12.6. The van der Waals surface area contributed by atoms with Gasteiger partial charge in [-0.05, 0) is 28.8 Å². The first-order valence-corrected chi connectivity index (χ1v) is 13.8. The summed E-state index contributed by atoms with van der Waals surface area (Å²) in [6.45, 7) is 4.44. The molecule has 0 aliphatic carbocycles. The maximum absolute atomic E-state index is 14.6. The highest BCUT2D eigenvalue weighted by atomic mass is 16.5. The molecule has 0 radical (unpaired) electrons. The third-order valence-corrected chi connectivity index (χ3v) is 9.19. The average Bonchev–Trinajstić information content (AvgIpc) is 3.27. The van der Waals surface area contributed by atoms with Crippen molar-refractivity contribution in [2.24, 2.45) is 17.8 Å². The first-order valence-electron chi connectivity index (χ1n) is 13.8. The van der Waals surface area contributed by atoms with Crippen LogP contribution in [0.1, 0.15) is 20.3 Å². The molecule has 4 heterocycles. The number of fused-ring (bicyclic) bond motifs is 3. The lowest BCUT2D eigenvalue weighted by Crippen LogP contribution is -2.59. The van der Waals surface area contributed by atoms with Crippen molar-refractivity contribution < 1.29 is 24.2 Å². The van der Waals surface area contributed by atoms with Gasteiger partial charge in [0.25, 0.3) is 5.91 Å². The number of hydrogen-bond donors (Lipinski definition) is 1. The Kier molecular flexibility index (Phi) is 6.35. The molecule has 8 nitrogen and oxygen atoms in total. The molecule has 0 saturated carbocycles.